The highest BCUT2D eigenvalue weighted by Crippen LogP contribution is 2.22. The van der Waals surface area contributed by atoms with Gasteiger partial charge in [0.05, 0.1) is 12.7 Å². The zero-order chi connectivity index (χ0) is 19.3. The second kappa shape index (κ2) is 10.2. The van der Waals surface area contributed by atoms with Crippen molar-refractivity contribution in [1.29, 1.82) is 0 Å². The van der Waals surface area contributed by atoms with E-state index in [0.717, 1.165) is 49.3 Å². The number of rotatable bonds is 5. The number of halogens is 1. The number of aromatic nitrogens is 4. The number of hydrogen-bond donors (Lipinski definition) is 2. The van der Waals surface area contributed by atoms with Crippen LogP contribution < -0.4 is 10.6 Å². The molecule has 0 fully saturated rings. The van der Waals surface area contributed by atoms with E-state index in [1.54, 1.807) is 13.2 Å². The SMILES string of the molecule is CN=C(NCCc1nnc2n1CCCCC2)NCc1ncc(C(C)(C)C)o1.I. The summed E-state index contributed by atoms with van der Waals surface area (Å²) in [6.07, 6.45) is 7.35. The minimum absolute atomic E-state index is 0. The maximum atomic E-state index is 5.80. The van der Waals surface area contributed by atoms with Crippen LogP contribution in [0.3, 0.4) is 0 Å². The van der Waals surface area contributed by atoms with Gasteiger partial charge in [-0.05, 0) is 12.8 Å². The van der Waals surface area contributed by atoms with Crippen molar-refractivity contribution in [2.45, 2.75) is 71.4 Å². The Kier molecular flexibility index (Phi) is 8.26. The van der Waals surface area contributed by atoms with E-state index < -0.39 is 0 Å². The van der Waals surface area contributed by atoms with Crippen LogP contribution in [0.5, 0.6) is 0 Å². The first kappa shape index (κ1) is 22.6. The second-order valence-corrected chi connectivity index (χ2v) is 7.97. The number of nitrogens with one attached hydrogen (secondary N) is 2. The van der Waals surface area contributed by atoms with Crippen molar-refractivity contribution in [2.24, 2.45) is 4.99 Å². The number of aryl methyl sites for hydroxylation is 1. The van der Waals surface area contributed by atoms with Crippen LogP contribution >= 0.6 is 24.0 Å². The fourth-order valence-corrected chi connectivity index (χ4v) is 3.14. The standard InChI is InChI=1S/C19H31N7O.HI/c1-19(2,3)14-12-22-17(27-14)13-23-18(20-4)21-10-9-16-25-24-15-8-6-5-7-11-26(15)16;/h12H,5-11,13H2,1-4H3,(H2,20,21,23);1H. The predicted octanol–water partition coefficient (Wildman–Crippen LogP) is 2.82. The molecule has 8 nitrogen and oxygen atoms in total. The van der Waals surface area contributed by atoms with Gasteiger partial charge < -0.3 is 19.6 Å². The summed E-state index contributed by atoms with van der Waals surface area (Å²) in [5.41, 5.74) is -0.0402. The third-order valence-corrected chi connectivity index (χ3v) is 4.75. The third-order valence-electron chi connectivity index (χ3n) is 4.75. The second-order valence-electron chi connectivity index (χ2n) is 7.97. The molecule has 0 saturated carbocycles. The Morgan fingerprint density at radius 1 is 1.21 bits per heavy atom. The summed E-state index contributed by atoms with van der Waals surface area (Å²) in [5, 5.41) is 15.3. The molecule has 1 aliphatic heterocycles. The summed E-state index contributed by atoms with van der Waals surface area (Å²) < 4.78 is 8.09. The van der Waals surface area contributed by atoms with Crippen LogP contribution in [0.25, 0.3) is 0 Å². The van der Waals surface area contributed by atoms with Gasteiger partial charge in [-0.3, -0.25) is 4.99 Å². The van der Waals surface area contributed by atoms with E-state index in [0.29, 0.717) is 12.4 Å². The maximum Gasteiger partial charge on any atom is 0.213 e. The Balaban J connectivity index is 0.00000280. The van der Waals surface area contributed by atoms with Crippen LogP contribution in [-0.2, 0) is 31.3 Å². The zero-order valence-corrected chi connectivity index (χ0v) is 19.6. The monoisotopic (exact) mass is 501 g/mol. The van der Waals surface area contributed by atoms with Gasteiger partial charge >= 0.3 is 0 Å². The number of hydrogen-bond acceptors (Lipinski definition) is 5. The third kappa shape index (κ3) is 5.92. The molecular weight excluding hydrogens is 469 g/mol. The molecule has 0 radical (unpaired) electrons. The summed E-state index contributed by atoms with van der Waals surface area (Å²) in [4.78, 5) is 8.60. The lowest BCUT2D eigenvalue weighted by molar-refractivity contribution is 0.379. The van der Waals surface area contributed by atoms with Crippen LogP contribution in [0.1, 0.15) is 63.3 Å². The lowest BCUT2D eigenvalue weighted by Crippen LogP contribution is -2.38. The van der Waals surface area contributed by atoms with Crippen LogP contribution in [-0.4, -0.2) is 39.3 Å². The maximum absolute atomic E-state index is 5.80. The zero-order valence-electron chi connectivity index (χ0n) is 17.3. The molecule has 1 aliphatic rings. The van der Waals surface area contributed by atoms with Gasteiger partial charge in [-0.2, -0.15) is 0 Å². The summed E-state index contributed by atoms with van der Waals surface area (Å²) in [6.45, 7) is 8.60. The number of nitrogens with zero attached hydrogens (tertiary/aromatic N) is 5. The first-order valence-corrected chi connectivity index (χ1v) is 9.78. The topological polar surface area (TPSA) is 93.2 Å². The summed E-state index contributed by atoms with van der Waals surface area (Å²) in [7, 11) is 1.76. The van der Waals surface area contributed by atoms with Gasteiger partial charge in [0, 0.05) is 38.4 Å². The van der Waals surface area contributed by atoms with Gasteiger partial charge in [0.2, 0.25) is 5.89 Å². The molecule has 3 heterocycles. The van der Waals surface area contributed by atoms with Crippen molar-refractivity contribution in [3.05, 3.63) is 29.5 Å². The number of oxazole rings is 1. The van der Waals surface area contributed by atoms with E-state index in [4.69, 9.17) is 4.42 Å². The first-order valence-electron chi connectivity index (χ1n) is 9.78. The van der Waals surface area contributed by atoms with Gasteiger partial charge in [-0.15, -0.1) is 34.2 Å². The lowest BCUT2D eigenvalue weighted by atomic mass is 9.94. The summed E-state index contributed by atoms with van der Waals surface area (Å²) >= 11 is 0. The molecular formula is C19H32IN7O. The quantitative estimate of drug-likeness (QED) is 0.372. The minimum atomic E-state index is -0.0402. The van der Waals surface area contributed by atoms with Crippen molar-refractivity contribution in [2.75, 3.05) is 13.6 Å². The van der Waals surface area contributed by atoms with Crippen LogP contribution in [0.2, 0.25) is 0 Å². The van der Waals surface area contributed by atoms with Crippen molar-refractivity contribution >= 4 is 29.9 Å². The van der Waals surface area contributed by atoms with Crippen LogP contribution in [0, 0.1) is 0 Å². The Bertz CT molecular complexity index is 776. The number of aliphatic imine (C=N–C) groups is 1. The van der Waals surface area contributed by atoms with Crippen molar-refractivity contribution in [1.82, 2.24) is 30.4 Å². The molecule has 0 aliphatic carbocycles. The highest BCUT2D eigenvalue weighted by Gasteiger charge is 2.19. The first-order chi connectivity index (χ1) is 13.0. The predicted molar refractivity (Wildman–Crippen MR) is 120 cm³/mol. The van der Waals surface area contributed by atoms with E-state index >= 15 is 0 Å². The van der Waals surface area contributed by atoms with Crippen LogP contribution in [0.15, 0.2) is 15.6 Å². The number of guanidine groups is 1. The Labute approximate surface area is 184 Å². The average Bonchev–Trinajstić information content (AvgIpc) is 3.19. The Hall–Kier alpha value is -1.65. The van der Waals surface area contributed by atoms with Crippen molar-refractivity contribution in [3.63, 3.8) is 0 Å². The molecule has 0 atom stereocenters. The Morgan fingerprint density at radius 3 is 2.75 bits per heavy atom. The van der Waals surface area contributed by atoms with Gasteiger partial charge in [-0.1, -0.05) is 27.2 Å². The van der Waals surface area contributed by atoms with Crippen molar-refractivity contribution in [3.8, 4) is 0 Å². The van der Waals surface area contributed by atoms with E-state index in [-0.39, 0.29) is 29.4 Å². The van der Waals surface area contributed by atoms with E-state index in [1.807, 2.05) is 0 Å². The van der Waals surface area contributed by atoms with Crippen LogP contribution in [0.4, 0.5) is 0 Å². The molecule has 0 spiro atoms. The molecule has 0 aromatic carbocycles. The molecule has 0 saturated heterocycles. The van der Waals surface area contributed by atoms with Gasteiger partial charge in [0.25, 0.3) is 0 Å². The number of fused-ring (bicyclic) bond motifs is 1. The van der Waals surface area contributed by atoms with E-state index in [2.05, 4.69) is 56.1 Å². The minimum Gasteiger partial charge on any atom is -0.443 e. The molecule has 0 unspecified atom stereocenters. The summed E-state index contributed by atoms with van der Waals surface area (Å²) in [6, 6.07) is 0. The molecule has 2 aromatic rings. The van der Waals surface area contributed by atoms with E-state index in [9.17, 15) is 0 Å². The molecule has 28 heavy (non-hydrogen) atoms. The molecule has 0 bridgehead atoms. The molecule has 2 aromatic heterocycles. The lowest BCUT2D eigenvalue weighted by Gasteiger charge is -2.13. The van der Waals surface area contributed by atoms with Gasteiger partial charge in [-0.25, -0.2) is 4.98 Å². The summed E-state index contributed by atoms with van der Waals surface area (Å²) in [5.74, 6) is 4.45. The smallest absolute Gasteiger partial charge is 0.213 e. The molecule has 3 rings (SSSR count). The molecule has 9 heteroatoms. The highest BCUT2D eigenvalue weighted by atomic mass is 127. The molecule has 156 valence electrons. The van der Waals surface area contributed by atoms with Gasteiger partial charge in [0.1, 0.15) is 17.4 Å². The van der Waals surface area contributed by atoms with E-state index in [1.165, 1.54) is 19.3 Å². The average molecular weight is 501 g/mol. The normalized spacial score (nSPS) is 14.8. The van der Waals surface area contributed by atoms with Gasteiger partial charge in [0.15, 0.2) is 5.96 Å². The highest BCUT2D eigenvalue weighted by molar-refractivity contribution is 14.0. The fourth-order valence-electron chi connectivity index (χ4n) is 3.14. The Morgan fingerprint density at radius 2 is 2.04 bits per heavy atom. The molecule has 0 amide bonds. The largest absolute Gasteiger partial charge is 0.443 e. The van der Waals surface area contributed by atoms with Crippen molar-refractivity contribution < 1.29 is 4.42 Å². The fraction of sp³-hybridized carbons (Fsp3) is 0.684. The molecule has 2 N–H and O–H groups in total.